The first kappa shape index (κ1) is 15.5. The number of hydrogen-bond acceptors (Lipinski definition) is 2. The molecule has 2 amide bonds. The fraction of sp³-hybridized carbons (Fsp3) is 0.529. The predicted octanol–water partition coefficient (Wildman–Crippen LogP) is 1.95. The summed E-state index contributed by atoms with van der Waals surface area (Å²) in [6.07, 6.45) is 0.812. The molecule has 0 saturated heterocycles. The van der Waals surface area contributed by atoms with Crippen LogP contribution in [-0.4, -0.2) is 36.3 Å². The standard InChI is InChI=1S/C17H24N2O2/c1-4-19(5-2)16(21)17(14-9-7-6-8-10-14)11-15(17)12-18-13(3)20/h6-10,15H,4-5,11-12H2,1-3H3,(H,18,20)/t15-,17-/m0/s1. The third-order valence-corrected chi connectivity index (χ3v) is 4.42. The summed E-state index contributed by atoms with van der Waals surface area (Å²) >= 11 is 0. The lowest BCUT2D eigenvalue weighted by atomic mass is 9.91. The van der Waals surface area contributed by atoms with Crippen LogP contribution < -0.4 is 5.32 Å². The Bertz CT molecular complexity index is 511. The maximum absolute atomic E-state index is 13.0. The zero-order chi connectivity index (χ0) is 15.5. The molecule has 0 radical (unpaired) electrons. The molecule has 4 nitrogen and oxygen atoms in total. The molecule has 1 fully saturated rings. The molecule has 1 aliphatic rings. The van der Waals surface area contributed by atoms with Gasteiger partial charge in [-0.05, 0) is 31.7 Å². The lowest BCUT2D eigenvalue weighted by Gasteiger charge is -2.26. The minimum atomic E-state index is -0.449. The average Bonchev–Trinajstić information content (AvgIpc) is 3.23. The number of nitrogens with zero attached hydrogens (tertiary/aromatic N) is 1. The van der Waals surface area contributed by atoms with Crippen LogP contribution in [0.3, 0.4) is 0 Å². The van der Waals surface area contributed by atoms with Gasteiger partial charge in [0.25, 0.3) is 0 Å². The number of nitrogens with one attached hydrogen (secondary N) is 1. The van der Waals surface area contributed by atoms with Crippen LogP contribution in [0, 0.1) is 5.92 Å². The molecule has 0 aromatic heterocycles. The van der Waals surface area contributed by atoms with Gasteiger partial charge >= 0.3 is 0 Å². The van der Waals surface area contributed by atoms with Crippen molar-refractivity contribution in [1.29, 1.82) is 0 Å². The number of rotatable bonds is 6. The molecule has 1 N–H and O–H groups in total. The summed E-state index contributed by atoms with van der Waals surface area (Å²) in [5.74, 6) is 0.338. The van der Waals surface area contributed by atoms with Crippen molar-refractivity contribution in [2.75, 3.05) is 19.6 Å². The highest BCUT2D eigenvalue weighted by Crippen LogP contribution is 2.55. The van der Waals surface area contributed by atoms with Crippen LogP contribution in [0.25, 0.3) is 0 Å². The SMILES string of the molecule is CCN(CC)C(=O)[C@]1(c2ccccc2)C[C@H]1CNC(C)=O. The Morgan fingerprint density at radius 2 is 1.86 bits per heavy atom. The van der Waals surface area contributed by atoms with Gasteiger partial charge in [0.15, 0.2) is 0 Å². The first-order valence-electron chi connectivity index (χ1n) is 7.65. The molecule has 0 aliphatic heterocycles. The normalized spacial score (nSPS) is 23.5. The van der Waals surface area contributed by atoms with Gasteiger partial charge in [-0.25, -0.2) is 0 Å². The molecule has 2 rings (SSSR count). The molecule has 1 aliphatic carbocycles. The van der Waals surface area contributed by atoms with E-state index in [1.54, 1.807) is 0 Å². The zero-order valence-corrected chi connectivity index (χ0v) is 13.1. The first-order valence-corrected chi connectivity index (χ1v) is 7.65. The Kier molecular flexibility index (Phi) is 4.66. The minimum absolute atomic E-state index is 0.0425. The number of carbonyl (C=O) groups is 2. The summed E-state index contributed by atoms with van der Waals surface area (Å²) in [4.78, 5) is 26.0. The van der Waals surface area contributed by atoms with E-state index in [0.29, 0.717) is 6.54 Å². The lowest BCUT2D eigenvalue weighted by Crippen LogP contribution is -2.41. The Morgan fingerprint density at radius 1 is 1.24 bits per heavy atom. The first-order chi connectivity index (χ1) is 10.1. The second kappa shape index (κ2) is 6.29. The Hall–Kier alpha value is -1.84. The van der Waals surface area contributed by atoms with Crippen molar-refractivity contribution in [2.24, 2.45) is 5.92 Å². The maximum atomic E-state index is 13.0. The van der Waals surface area contributed by atoms with E-state index in [4.69, 9.17) is 0 Å². The number of amides is 2. The average molecular weight is 288 g/mol. The smallest absolute Gasteiger partial charge is 0.233 e. The summed E-state index contributed by atoms with van der Waals surface area (Å²) in [6, 6.07) is 9.95. The summed E-state index contributed by atoms with van der Waals surface area (Å²) in [5, 5.41) is 2.85. The van der Waals surface area contributed by atoms with Crippen molar-refractivity contribution in [2.45, 2.75) is 32.6 Å². The molecular weight excluding hydrogens is 264 g/mol. The van der Waals surface area contributed by atoms with Gasteiger partial charge in [0.2, 0.25) is 11.8 Å². The molecule has 2 atom stereocenters. The van der Waals surface area contributed by atoms with E-state index >= 15 is 0 Å². The van der Waals surface area contributed by atoms with E-state index < -0.39 is 5.41 Å². The third kappa shape index (κ3) is 2.94. The summed E-state index contributed by atoms with van der Waals surface area (Å²) in [5.41, 5.74) is 0.618. The summed E-state index contributed by atoms with van der Waals surface area (Å²) in [7, 11) is 0. The molecule has 1 aromatic rings. The van der Waals surface area contributed by atoms with Gasteiger partial charge in [-0.1, -0.05) is 30.3 Å². The number of likely N-dealkylation sites (N-methyl/N-ethyl adjacent to an activating group) is 1. The zero-order valence-electron chi connectivity index (χ0n) is 13.1. The topological polar surface area (TPSA) is 49.4 Å². The van der Waals surface area contributed by atoms with Crippen molar-refractivity contribution in [3.05, 3.63) is 35.9 Å². The highest BCUT2D eigenvalue weighted by atomic mass is 16.2. The number of hydrogen-bond donors (Lipinski definition) is 1. The number of benzene rings is 1. The maximum Gasteiger partial charge on any atom is 0.233 e. The van der Waals surface area contributed by atoms with Gasteiger partial charge in [-0.15, -0.1) is 0 Å². The van der Waals surface area contributed by atoms with Crippen molar-refractivity contribution < 1.29 is 9.59 Å². The van der Waals surface area contributed by atoms with E-state index in [-0.39, 0.29) is 17.7 Å². The Labute approximate surface area is 126 Å². The van der Waals surface area contributed by atoms with Crippen LogP contribution in [0.2, 0.25) is 0 Å². The van der Waals surface area contributed by atoms with Crippen molar-refractivity contribution >= 4 is 11.8 Å². The molecule has 1 saturated carbocycles. The minimum Gasteiger partial charge on any atom is -0.356 e. The lowest BCUT2D eigenvalue weighted by molar-refractivity contribution is -0.134. The quantitative estimate of drug-likeness (QED) is 0.870. The molecule has 4 heteroatoms. The van der Waals surface area contributed by atoms with Crippen LogP contribution >= 0.6 is 0 Å². The van der Waals surface area contributed by atoms with E-state index in [9.17, 15) is 9.59 Å². The highest BCUT2D eigenvalue weighted by Gasteiger charge is 2.61. The molecule has 0 heterocycles. The second-order valence-corrected chi connectivity index (χ2v) is 5.65. The van der Waals surface area contributed by atoms with Gasteiger partial charge < -0.3 is 10.2 Å². The molecule has 0 unspecified atom stereocenters. The molecule has 1 aromatic carbocycles. The summed E-state index contributed by atoms with van der Waals surface area (Å²) < 4.78 is 0. The molecule has 0 spiro atoms. The number of carbonyl (C=O) groups excluding carboxylic acids is 2. The van der Waals surface area contributed by atoms with Gasteiger partial charge in [-0.3, -0.25) is 9.59 Å². The molecule has 114 valence electrons. The molecule has 0 bridgehead atoms. The van der Waals surface area contributed by atoms with Crippen molar-refractivity contribution in [3.8, 4) is 0 Å². The monoisotopic (exact) mass is 288 g/mol. The van der Waals surface area contributed by atoms with Crippen LogP contribution in [0.15, 0.2) is 30.3 Å². The van der Waals surface area contributed by atoms with E-state index in [1.165, 1.54) is 6.92 Å². The van der Waals surface area contributed by atoms with Crippen molar-refractivity contribution in [3.63, 3.8) is 0 Å². The highest BCUT2D eigenvalue weighted by molar-refractivity contribution is 5.92. The van der Waals surface area contributed by atoms with E-state index in [2.05, 4.69) is 5.32 Å². The van der Waals surface area contributed by atoms with E-state index in [1.807, 2.05) is 49.1 Å². The molecule has 21 heavy (non-hydrogen) atoms. The van der Waals surface area contributed by atoms with Gasteiger partial charge in [0, 0.05) is 26.6 Å². The van der Waals surface area contributed by atoms with Crippen LogP contribution in [0.5, 0.6) is 0 Å². The predicted molar refractivity (Wildman–Crippen MR) is 82.8 cm³/mol. The molecular formula is C17H24N2O2. The third-order valence-electron chi connectivity index (χ3n) is 4.42. The van der Waals surface area contributed by atoms with Gasteiger partial charge in [-0.2, -0.15) is 0 Å². The summed E-state index contributed by atoms with van der Waals surface area (Å²) in [6.45, 7) is 7.53. The van der Waals surface area contributed by atoms with E-state index in [0.717, 1.165) is 25.1 Å². The van der Waals surface area contributed by atoms with Gasteiger partial charge in [0.05, 0.1) is 5.41 Å². The van der Waals surface area contributed by atoms with Crippen LogP contribution in [0.1, 0.15) is 32.8 Å². The Balaban J connectivity index is 2.25. The fourth-order valence-corrected chi connectivity index (χ4v) is 3.11. The largest absolute Gasteiger partial charge is 0.356 e. The Morgan fingerprint density at radius 3 is 2.38 bits per heavy atom. The van der Waals surface area contributed by atoms with Crippen molar-refractivity contribution in [1.82, 2.24) is 10.2 Å². The van der Waals surface area contributed by atoms with Crippen LogP contribution in [0.4, 0.5) is 0 Å². The fourth-order valence-electron chi connectivity index (χ4n) is 3.11. The second-order valence-electron chi connectivity index (χ2n) is 5.65. The van der Waals surface area contributed by atoms with Gasteiger partial charge in [0.1, 0.15) is 0 Å². The van der Waals surface area contributed by atoms with Crippen LogP contribution in [-0.2, 0) is 15.0 Å².